The van der Waals surface area contributed by atoms with Gasteiger partial charge in [0.15, 0.2) is 0 Å². The van der Waals surface area contributed by atoms with Gasteiger partial charge in [-0.25, -0.2) is 0 Å². The summed E-state index contributed by atoms with van der Waals surface area (Å²) in [6.07, 6.45) is 4.27. The molecule has 0 atom stereocenters. The lowest BCUT2D eigenvalue weighted by molar-refractivity contribution is 0.341. The van der Waals surface area contributed by atoms with E-state index in [9.17, 15) is 0 Å². The minimum absolute atomic E-state index is 0.0396. The maximum Gasteiger partial charge on any atom is 0.144 e. The molecule has 1 aliphatic heterocycles. The normalized spacial score (nSPS) is 15.7. The molecular weight excluding hydrogens is 320 g/mol. The summed E-state index contributed by atoms with van der Waals surface area (Å²) in [5.74, 6) is 0.819. The van der Waals surface area contributed by atoms with Crippen molar-refractivity contribution in [1.82, 2.24) is 0 Å². The first-order chi connectivity index (χ1) is 12.5. The van der Waals surface area contributed by atoms with E-state index in [-0.39, 0.29) is 5.54 Å². The molecule has 0 unspecified atom stereocenters. The van der Waals surface area contributed by atoms with Crippen LogP contribution in [-0.4, -0.2) is 24.9 Å². The molecule has 0 aliphatic carbocycles. The van der Waals surface area contributed by atoms with Gasteiger partial charge in [0.1, 0.15) is 11.4 Å². The third-order valence-corrected chi connectivity index (χ3v) is 4.84. The maximum absolute atomic E-state index is 5.65. The van der Waals surface area contributed by atoms with Crippen LogP contribution in [0.2, 0.25) is 0 Å². The second kappa shape index (κ2) is 7.36. The average Bonchev–Trinajstić information content (AvgIpc) is 2.61. The molecule has 3 rings (SSSR count). The Hall–Kier alpha value is -2.55. The first-order valence-electron chi connectivity index (χ1n) is 9.33. The summed E-state index contributed by atoms with van der Waals surface area (Å²) in [6.45, 7) is 12.5. The summed E-state index contributed by atoms with van der Waals surface area (Å²) >= 11 is 0. The fourth-order valence-electron chi connectivity index (χ4n) is 3.74. The second-order valence-electron chi connectivity index (χ2n) is 7.16. The van der Waals surface area contributed by atoms with Crippen molar-refractivity contribution in [3.05, 3.63) is 59.7 Å². The standard InChI is InChI=1S/C23H28N2O/c1-6-25-21-13-12-18(14-19(21)17(3)15-23(25,4)5)16-24-20-10-8-9-11-22(20)26-7-2/h8-16H,6-7H2,1-5H3. The van der Waals surface area contributed by atoms with Crippen molar-refractivity contribution in [2.45, 2.75) is 40.2 Å². The minimum atomic E-state index is 0.0396. The van der Waals surface area contributed by atoms with Gasteiger partial charge in [-0.1, -0.05) is 24.3 Å². The van der Waals surface area contributed by atoms with Crippen molar-refractivity contribution in [3.63, 3.8) is 0 Å². The van der Waals surface area contributed by atoms with Gasteiger partial charge in [-0.2, -0.15) is 0 Å². The first-order valence-corrected chi connectivity index (χ1v) is 9.33. The van der Waals surface area contributed by atoms with Crippen LogP contribution >= 0.6 is 0 Å². The van der Waals surface area contributed by atoms with Crippen LogP contribution in [0.3, 0.4) is 0 Å². The predicted molar refractivity (Wildman–Crippen MR) is 112 cm³/mol. The summed E-state index contributed by atoms with van der Waals surface area (Å²) in [6, 6.07) is 14.5. The molecule has 2 aromatic rings. The predicted octanol–water partition coefficient (Wildman–Crippen LogP) is 5.86. The number of likely N-dealkylation sites (N-methyl/N-ethyl adjacent to an activating group) is 1. The first kappa shape index (κ1) is 18.2. The highest BCUT2D eigenvalue weighted by atomic mass is 16.5. The lowest BCUT2D eigenvalue weighted by Crippen LogP contribution is -2.44. The Bertz CT molecular complexity index is 849. The van der Waals surface area contributed by atoms with E-state index in [1.807, 2.05) is 37.4 Å². The van der Waals surface area contributed by atoms with E-state index < -0.39 is 0 Å². The van der Waals surface area contributed by atoms with Gasteiger partial charge in [-0.3, -0.25) is 4.99 Å². The van der Waals surface area contributed by atoms with Crippen LogP contribution in [0.5, 0.6) is 5.75 Å². The number of nitrogens with zero attached hydrogens (tertiary/aromatic N) is 2. The molecule has 26 heavy (non-hydrogen) atoms. The Balaban J connectivity index is 1.94. The molecule has 0 bridgehead atoms. The maximum atomic E-state index is 5.65. The van der Waals surface area contributed by atoms with E-state index in [0.29, 0.717) is 6.61 Å². The summed E-state index contributed by atoms with van der Waals surface area (Å²) in [7, 11) is 0. The number of rotatable bonds is 5. The van der Waals surface area contributed by atoms with Gasteiger partial charge in [-0.15, -0.1) is 0 Å². The van der Waals surface area contributed by atoms with E-state index in [1.165, 1.54) is 16.8 Å². The second-order valence-corrected chi connectivity index (χ2v) is 7.16. The molecule has 0 amide bonds. The van der Waals surface area contributed by atoms with Gasteiger partial charge in [0.2, 0.25) is 0 Å². The molecule has 0 N–H and O–H groups in total. The quantitative estimate of drug-likeness (QED) is 0.632. The lowest BCUT2D eigenvalue weighted by Gasteiger charge is -2.42. The van der Waals surface area contributed by atoms with E-state index >= 15 is 0 Å². The molecule has 3 heteroatoms. The van der Waals surface area contributed by atoms with Gasteiger partial charge in [-0.05, 0) is 70.0 Å². The number of para-hydroxylation sites is 2. The molecule has 0 saturated carbocycles. The minimum Gasteiger partial charge on any atom is -0.492 e. The van der Waals surface area contributed by atoms with Crippen LogP contribution in [0.4, 0.5) is 11.4 Å². The fraction of sp³-hybridized carbons (Fsp3) is 0.348. The molecule has 2 aromatic carbocycles. The molecule has 1 heterocycles. The molecule has 0 aromatic heterocycles. The Morgan fingerprint density at radius 3 is 2.62 bits per heavy atom. The smallest absolute Gasteiger partial charge is 0.144 e. The van der Waals surface area contributed by atoms with Crippen molar-refractivity contribution in [3.8, 4) is 5.75 Å². The third-order valence-electron chi connectivity index (χ3n) is 4.84. The molecule has 0 fully saturated rings. The van der Waals surface area contributed by atoms with Crippen LogP contribution in [0.15, 0.2) is 53.5 Å². The fourth-order valence-corrected chi connectivity index (χ4v) is 3.74. The Morgan fingerprint density at radius 1 is 1.12 bits per heavy atom. The van der Waals surface area contributed by atoms with Crippen LogP contribution in [0.1, 0.15) is 45.7 Å². The van der Waals surface area contributed by atoms with Crippen molar-refractivity contribution in [2.24, 2.45) is 4.99 Å². The van der Waals surface area contributed by atoms with Gasteiger partial charge in [0, 0.05) is 24.0 Å². The number of hydrogen-bond donors (Lipinski definition) is 0. The zero-order valence-corrected chi connectivity index (χ0v) is 16.4. The number of hydrogen-bond acceptors (Lipinski definition) is 3. The number of fused-ring (bicyclic) bond motifs is 1. The SMILES string of the molecule is CCOc1ccccc1N=Cc1ccc2c(c1)C(C)=CC(C)(C)N2CC. The monoisotopic (exact) mass is 348 g/mol. The van der Waals surface area contributed by atoms with Gasteiger partial charge in [0.05, 0.1) is 12.1 Å². The Labute approximate surface area is 157 Å². The summed E-state index contributed by atoms with van der Waals surface area (Å²) in [5.41, 5.74) is 5.89. The highest BCUT2D eigenvalue weighted by molar-refractivity contribution is 5.89. The molecule has 0 spiro atoms. The molecular formula is C23H28N2O. The Kier molecular flexibility index (Phi) is 5.17. The largest absolute Gasteiger partial charge is 0.492 e. The molecule has 0 radical (unpaired) electrons. The number of benzene rings is 2. The van der Waals surface area contributed by atoms with Gasteiger partial charge >= 0.3 is 0 Å². The summed E-state index contributed by atoms with van der Waals surface area (Å²) in [4.78, 5) is 7.10. The Morgan fingerprint density at radius 2 is 1.88 bits per heavy atom. The topological polar surface area (TPSA) is 24.8 Å². The number of allylic oxidation sites excluding steroid dienone is 1. The zero-order chi connectivity index (χ0) is 18.7. The summed E-state index contributed by atoms with van der Waals surface area (Å²) in [5, 5.41) is 0. The number of aliphatic imine (C=N–C) groups is 1. The molecule has 136 valence electrons. The van der Waals surface area contributed by atoms with Gasteiger partial charge in [0.25, 0.3) is 0 Å². The molecule has 1 aliphatic rings. The van der Waals surface area contributed by atoms with E-state index in [4.69, 9.17) is 4.74 Å². The lowest BCUT2D eigenvalue weighted by atomic mass is 9.88. The zero-order valence-electron chi connectivity index (χ0n) is 16.4. The van der Waals surface area contributed by atoms with Crippen LogP contribution in [0.25, 0.3) is 5.57 Å². The van der Waals surface area contributed by atoms with Crippen molar-refractivity contribution < 1.29 is 4.74 Å². The van der Waals surface area contributed by atoms with Crippen molar-refractivity contribution in [1.29, 1.82) is 0 Å². The van der Waals surface area contributed by atoms with Gasteiger partial charge < -0.3 is 9.64 Å². The highest BCUT2D eigenvalue weighted by Gasteiger charge is 2.29. The average molecular weight is 348 g/mol. The number of ether oxygens (including phenoxy) is 1. The highest BCUT2D eigenvalue weighted by Crippen LogP contribution is 2.39. The van der Waals surface area contributed by atoms with Crippen molar-refractivity contribution in [2.75, 3.05) is 18.1 Å². The molecule has 3 nitrogen and oxygen atoms in total. The van der Waals surface area contributed by atoms with E-state index in [2.05, 4.69) is 61.9 Å². The van der Waals surface area contributed by atoms with Crippen molar-refractivity contribution >= 4 is 23.2 Å². The van der Waals surface area contributed by atoms with Crippen LogP contribution in [-0.2, 0) is 0 Å². The van der Waals surface area contributed by atoms with Crippen LogP contribution < -0.4 is 9.64 Å². The third kappa shape index (κ3) is 3.52. The van der Waals surface area contributed by atoms with E-state index in [0.717, 1.165) is 23.5 Å². The number of anilines is 1. The van der Waals surface area contributed by atoms with E-state index in [1.54, 1.807) is 0 Å². The van der Waals surface area contributed by atoms with Crippen LogP contribution in [0, 0.1) is 0 Å². The molecule has 0 saturated heterocycles. The summed E-state index contributed by atoms with van der Waals surface area (Å²) < 4.78 is 5.65.